The van der Waals surface area contributed by atoms with E-state index in [2.05, 4.69) is 13.2 Å². The molecule has 0 saturated heterocycles. The van der Waals surface area contributed by atoms with Crippen molar-refractivity contribution in [1.29, 1.82) is 0 Å². The van der Waals surface area contributed by atoms with E-state index in [1.54, 1.807) is 13.8 Å². The van der Waals surface area contributed by atoms with Crippen molar-refractivity contribution in [2.45, 2.75) is 33.1 Å². The highest BCUT2D eigenvalue weighted by molar-refractivity contribution is 6.09. The average molecular weight is 332 g/mol. The molecule has 0 aliphatic rings. The third-order valence-electron chi connectivity index (χ3n) is 4.19. The third kappa shape index (κ3) is 4.63. The molecule has 0 fully saturated rings. The van der Waals surface area contributed by atoms with E-state index in [0.717, 1.165) is 41.5 Å². The zero-order chi connectivity index (χ0) is 18.4. The van der Waals surface area contributed by atoms with Crippen LogP contribution in [0.4, 0.5) is 0 Å². The molecule has 0 aliphatic carbocycles. The molecule has 0 heterocycles. The van der Waals surface area contributed by atoms with E-state index in [1.807, 2.05) is 48.5 Å². The van der Waals surface area contributed by atoms with E-state index in [4.69, 9.17) is 0 Å². The van der Waals surface area contributed by atoms with Crippen molar-refractivity contribution in [3.63, 3.8) is 0 Å². The fourth-order valence-corrected chi connectivity index (χ4v) is 2.85. The predicted molar refractivity (Wildman–Crippen MR) is 103 cm³/mol. The molecule has 128 valence electrons. The van der Waals surface area contributed by atoms with Crippen LogP contribution in [0.15, 0.2) is 72.8 Å². The van der Waals surface area contributed by atoms with Crippen LogP contribution in [0.1, 0.15) is 52.1 Å². The van der Waals surface area contributed by atoms with Gasteiger partial charge in [-0.2, -0.15) is 0 Å². The monoisotopic (exact) mass is 332 g/mol. The Morgan fingerprint density at radius 3 is 1.44 bits per heavy atom. The van der Waals surface area contributed by atoms with Crippen molar-refractivity contribution in [3.8, 4) is 0 Å². The van der Waals surface area contributed by atoms with Crippen molar-refractivity contribution in [2.24, 2.45) is 0 Å². The first-order chi connectivity index (χ1) is 11.9. The smallest absolute Gasteiger partial charge is 0.188 e. The Labute approximate surface area is 149 Å². The molecule has 0 N–H and O–H groups in total. The fraction of sp³-hybridized carbons (Fsp3) is 0.217. The average Bonchev–Trinajstić information content (AvgIpc) is 2.61. The summed E-state index contributed by atoms with van der Waals surface area (Å²) in [6, 6.07) is 15.3. The summed E-state index contributed by atoms with van der Waals surface area (Å²) in [6.07, 6.45) is 2.43. The van der Waals surface area contributed by atoms with E-state index in [0.29, 0.717) is 11.1 Å². The van der Waals surface area contributed by atoms with Crippen LogP contribution in [0, 0.1) is 0 Å². The number of allylic oxidation sites excluding steroid dienone is 2. The van der Waals surface area contributed by atoms with Gasteiger partial charge >= 0.3 is 0 Å². The van der Waals surface area contributed by atoms with Crippen molar-refractivity contribution in [3.05, 3.63) is 95.1 Å². The van der Waals surface area contributed by atoms with Crippen LogP contribution in [0.3, 0.4) is 0 Å². The predicted octanol–water partition coefficient (Wildman–Crippen LogP) is 5.38. The van der Waals surface area contributed by atoms with Gasteiger partial charge < -0.3 is 0 Å². The maximum atomic E-state index is 12.3. The second-order valence-electron chi connectivity index (χ2n) is 6.39. The van der Waals surface area contributed by atoms with Crippen LogP contribution < -0.4 is 0 Å². The molecule has 2 aromatic rings. The summed E-state index contributed by atoms with van der Waals surface area (Å²) < 4.78 is 0. The molecule has 2 rings (SSSR count). The summed E-state index contributed by atoms with van der Waals surface area (Å²) in [6.45, 7) is 11.0. The van der Waals surface area contributed by atoms with Gasteiger partial charge in [0.25, 0.3) is 0 Å². The second kappa shape index (κ2) is 8.39. The Hall–Kier alpha value is -2.74. The summed E-state index contributed by atoms with van der Waals surface area (Å²) in [5.41, 5.74) is 4.59. The third-order valence-corrected chi connectivity index (χ3v) is 4.19. The Morgan fingerprint density at radius 2 is 1.08 bits per heavy atom. The minimum absolute atomic E-state index is 0.00606. The molecule has 0 atom stereocenters. The number of aryl methyl sites for hydroxylation is 2. The molecule has 25 heavy (non-hydrogen) atoms. The number of carbonyl (C=O) groups excluding carboxylic acids is 2. The zero-order valence-electron chi connectivity index (χ0n) is 15.0. The number of Topliss-reactive ketones (excluding diaryl/α,β-unsaturated/α-hetero) is 2. The van der Waals surface area contributed by atoms with Crippen LogP contribution in [-0.4, -0.2) is 11.6 Å². The normalized spacial score (nSPS) is 10.3. The molecule has 2 heteroatoms. The number of hydrogen-bond donors (Lipinski definition) is 0. The topological polar surface area (TPSA) is 34.1 Å². The van der Waals surface area contributed by atoms with Gasteiger partial charge in [0, 0.05) is 11.1 Å². The van der Waals surface area contributed by atoms with Gasteiger partial charge in [-0.3, -0.25) is 9.59 Å². The number of carbonyl (C=O) groups is 2. The van der Waals surface area contributed by atoms with Gasteiger partial charge in [0.15, 0.2) is 11.6 Å². The number of rotatable bonds is 8. The second-order valence-corrected chi connectivity index (χ2v) is 6.39. The van der Waals surface area contributed by atoms with Gasteiger partial charge in [0.05, 0.1) is 0 Å². The van der Waals surface area contributed by atoms with E-state index in [1.165, 1.54) is 0 Å². The van der Waals surface area contributed by atoms with Crippen LogP contribution in [0.2, 0.25) is 0 Å². The molecule has 0 aromatic heterocycles. The summed E-state index contributed by atoms with van der Waals surface area (Å²) in [7, 11) is 0. The van der Waals surface area contributed by atoms with Gasteiger partial charge in [0.1, 0.15) is 0 Å². The molecule has 0 radical (unpaired) electrons. The maximum Gasteiger partial charge on any atom is 0.188 e. The van der Waals surface area contributed by atoms with Gasteiger partial charge in [-0.1, -0.05) is 61.7 Å². The van der Waals surface area contributed by atoms with Gasteiger partial charge in [-0.25, -0.2) is 0 Å². The van der Waals surface area contributed by atoms with E-state index in [-0.39, 0.29) is 11.6 Å². The molecular formula is C23H24O2. The van der Waals surface area contributed by atoms with Crippen LogP contribution in [0.25, 0.3) is 0 Å². The summed E-state index contributed by atoms with van der Waals surface area (Å²) >= 11 is 0. The molecule has 0 bridgehead atoms. The Morgan fingerprint density at radius 1 is 0.720 bits per heavy atom. The zero-order valence-corrected chi connectivity index (χ0v) is 15.0. The lowest BCUT2D eigenvalue weighted by molar-refractivity contribution is 0.102. The van der Waals surface area contributed by atoms with Gasteiger partial charge in [-0.15, -0.1) is 0 Å². The first-order valence-corrected chi connectivity index (χ1v) is 8.48. The molecule has 2 aromatic carbocycles. The SMILES string of the molecule is C=C(C)C(=O)c1ccccc1CCCc1ccccc1C(=O)C(=C)C. The van der Waals surface area contributed by atoms with Crippen molar-refractivity contribution < 1.29 is 9.59 Å². The lowest BCUT2D eigenvalue weighted by Gasteiger charge is -2.11. The molecule has 0 unspecified atom stereocenters. The Balaban J connectivity index is 2.13. The summed E-state index contributed by atoms with van der Waals surface area (Å²) in [4.78, 5) is 24.5. The van der Waals surface area contributed by atoms with Crippen LogP contribution >= 0.6 is 0 Å². The highest BCUT2D eigenvalue weighted by Gasteiger charge is 2.13. The lowest BCUT2D eigenvalue weighted by Crippen LogP contribution is -2.07. The van der Waals surface area contributed by atoms with Crippen LogP contribution in [-0.2, 0) is 12.8 Å². The first kappa shape index (κ1) is 18.6. The molecule has 0 saturated carbocycles. The van der Waals surface area contributed by atoms with Crippen molar-refractivity contribution in [2.75, 3.05) is 0 Å². The maximum absolute atomic E-state index is 12.3. The largest absolute Gasteiger partial charge is 0.289 e. The Kier molecular flexibility index (Phi) is 6.24. The standard InChI is InChI=1S/C23H24O2/c1-16(2)22(24)20-14-7-5-10-18(20)12-9-13-19-11-6-8-15-21(19)23(25)17(3)4/h5-8,10-11,14-15H,1,3,9,12-13H2,2,4H3. The molecule has 0 amide bonds. The highest BCUT2D eigenvalue weighted by Crippen LogP contribution is 2.19. The summed E-state index contributed by atoms with van der Waals surface area (Å²) in [5.74, 6) is -0.0121. The fourth-order valence-electron chi connectivity index (χ4n) is 2.85. The van der Waals surface area contributed by atoms with E-state index >= 15 is 0 Å². The quantitative estimate of drug-likeness (QED) is 0.480. The minimum Gasteiger partial charge on any atom is -0.289 e. The minimum atomic E-state index is -0.00606. The van der Waals surface area contributed by atoms with Gasteiger partial charge in [-0.05, 0) is 55.4 Å². The molecule has 0 aliphatic heterocycles. The molecule has 0 spiro atoms. The number of ketones is 2. The lowest BCUT2D eigenvalue weighted by atomic mass is 9.93. The van der Waals surface area contributed by atoms with Crippen LogP contribution in [0.5, 0.6) is 0 Å². The Bertz CT molecular complexity index is 758. The van der Waals surface area contributed by atoms with E-state index < -0.39 is 0 Å². The number of hydrogen-bond acceptors (Lipinski definition) is 2. The number of benzene rings is 2. The van der Waals surface area contributed by atoms with Crippen molar-refractivity contribution in [1.82, 2.24) is 0 Å². The highest BCUT2D eigenvalue weighted by atomic mass is 16.1. The van der Waals surface area contributed by atoms with Crippen molar-refractivity contribution >= 4 is 11.6 Å². The first-order valence-electron chi connectivity index (χ1n) is 8.48. The van der Waals surface area contributed by atoms with E-state index in [9.17, 15) is 9.59 Å². The van der Waals surface area contributed by atoms with Gasteiger partial charge in [0.2, 0.25) is 0 Å². The molecule has 2 nitrogen and oxygen atoms in total. The molecular weight excluding hydrogens is 308 g/mol. The summed E-state index contributed by atoms with van der Waals surface area (Å²) in [5, 5.41) is 0.